The molecule has 1 aliphatic carbocycles. The highest BCUT2D eigenvalue weighted by atomic mass is 16.5. The van der Waals surface area contributed by atoms with Gasteiger partial charge in [0.2, 0.25) is 0 Å². The monoisotopic (exact) mass is 282 g/mol. The van der Waals surface area contributed by atoms with E-state index in [2.05, 4.69) is 28.5 Å². The number of pyridine rings is 1. The first-order chi connectivity index (χ1) is 10.3. The smallest absolute Gasteiger partial charge is 0.130 e. The van der Waals surface area contributed by atoms with Gasteiger partial charge in [-0.3, -0.25) is 4.98 Å². The van der Waals surface area contributed by atoms with E-state index in [1.165, 1.54) is 24.0 Å². The van der Waals surface area contributed by atoms with Crippen LogP contribution in [0.1, 0.15) is 41.4 Å². The Bertz CT molecular complexity index is 624. The molecule has 0 saturated heterocycles. The topological polar surface area (TPSA) is 34.1 Å². The molecule has 110 valence electrons. The van der Waals surface area contributed by atoms with Crippen molar-refractivity contribution in [2.75, 3.05) is 7.05 Å². The molecular formula is C18H22N2O. The van der Waals surface area contributed by atoms with E-state index in [4.69, 9.17) is 4.74 Å². The third-order valence-corrected chi connectivity index (χ3v) is 4.11. The van der Waals surface area contributed by atoms with Crippen LogP contribution < -0.4 is 10.1 Å². The first-order valence-electron chi connectivity index (χ1n) is 7.61. The van der Waals surface area contributed by atoms with Gasteiger partial charge in [-0.25, -0.2) is 0 Å². The number of fused-ring (bicyclic) bond motifs is 1. The molecule has 1 atom stereocenters. The number of hydrogen-bond acceptors (Lipinski definition) is 3. The van der Waals surface area contributed by atoms with Gasteiger partial charge in [0.1, 0.15) is 12.4 Å². The number of aryl methyl sites for hydroxylation is 2. The lowest BCUT2D eigenvalue weighted by Gasteiger charge is -2.25. The molecule has 1 unspecified atom stereocenters. The lowest BCUT2D eigenvalue weighted by atomic mass is 9.87. The standard InChI is InChI=1S/C18H22N2O/c1-13-5-3-7-15(20-13)12-21-16-9-10-17-14(11-16)6-4-8-18(17)19-2/h3,5,7,9-11,18-19H,4,6,8,12H2,1-2H3. The predicted octanol–water partition coefficient (Wildman–Crippen LogP) is 3.57. The van der Waals surface area contributed by atoms with Crippen LogP contribution in [0.3, 0.4) is 0 Å². The predicted molar refractivity (Wildman–Crippen MR) is 84.5 cm³/mol. The van der Waals surface area contributed by atoms with E-state index in [9.17, 15) is 0 Å². The second-order valence-corrected chi connectivity index (χ2v) is 5.65. The summed E-state index contributed by atoms with van der Waals surface area (Å²) in [5.41, 5.74) is 4.83. The van der Waals surface area contributed by atoms with E-state index in [1.54, 1.807) is 0 Å². The van der Waals surface area contributed by atoms with Gasteiger partial charge >= 0.3 is 0 Å². The number of hydrogen-bond donors (Lipinski definition) is 1. The molecule has 0 saturated carbocycles. The maximum atomic E-state index is 5.90. The fourth-order valence-electron chi connectivity index (χ4n) is 3.02. The Kier molecular flexibility index (Phi) is 4.20. The molecule has 1 aromatic heterocycles. The zero-order valence-electron chi connectivity index (χ0n) is 12.7. The largest absolute Gasteiger partial charge is 0.487 e. The van der Waals surface area contributed by atoms with Gasteiger partial charge in [0.15, 0.2) is 0 Å². The third kappa shape index (κ3) is 3.24. The van der Waals surface area contributed by atoms with Gasteiger partial charge in [0.05, 0.1) is 5.69 Å². The summed E-state index contributed by atoms with van der Waals surface area (Å²) in [6.07, 6.45) is 3.60. The maximum Gasteiger partial charge on any atom is 0.130 e. The van der Waals surface area contributed by atoms with Crippen molar-refractivity contribution < 1.29 is 4.74 Å². The Balaban J connectivity index is 1.72. The molecule has 1 N–H and O–H groups in total. The minimum Gasteiger partial charge on any atom is -0.487 e. The molecule has 3 rings (SSSR count). The number of benzene rings is 1. The first-order valence-corrected chi connectivity index (χ1v) is 7.61. The summed E-state index contributed by atoms with van der Waals surface area (Å²) in [7, 11) is 2.04. The van der Waals surface area contributed by atoms with Crippen molar-refractivity contribution in [3.8, 4) is 5.75 Å². The normalized spacial score (nSPS) is 17.3. The van der Waals surface area contributed by atoms with Crippen LogP contribution in [-0.2, 0) is 13.0 Å². The fourth-order valence-corrected chi connectivity index (χ4v) is 3.02. The van der Waals surface area contributed by atoms with Crippen LogP contribution in [0, 0.1) is 6.92 Å². The third-order valence-electron chi connectivity index (χ3n) is 4.11. The molecule has 0 fully saturated rings. The summed E-state index contributed by atoms with van der Waals surface area (Å²) in [4.78, 5) is 4.47. The van der Waals surface area contributed by atoms with Crippen molar-refractivity contribution in [3.05, 3.63) is 58.9 Å². The van der Waals surface area contributed by atoms with E-state index < -0.39 is 0 Å². The van der Waals surface area contributed by atoms with Crippen LogP contribution in [-0.4, -0.2) is 12.0 Å². The van der Waals surface area contributed by atoms with Gasteiger partial charge in [0, 0.05) is 11.7 Å². The second-order valence-electron chi connectivity index (χ2n) is 5.65. The second kappa shape index (κ2) is 6.27. The molecule has 0 amide bonds. The average molecular weight is 282 g/mol. The molecule has 0 radical (unpaired) electrons. The number of nitrogens with zero attached hydrogens (tertiary/aromatic N) is 1. The van der Waals surface area contributed by atoms with E-state index >= 15 is 0 Å². The summed E-state index contributed by atoms with van der Waals surface area (Å²) < 4.78 is 5.90. The summed E-state index contributed by atoms with van der Waals surface area (Å²) in [6, 6.07) is 13.0. The maximum absolute atomic E-state index is 5.90. The number of nitrogens with one attached hydrogen (secondary N) is 1. The summed E-state index contributed by atoms with van der Waals surface area (Å²) >= 11 is 0. The van der Waals surface area contributed by atoms with E-state index in [0.717, 1.165) is 23.6 Å². The van der Waals surface area contributed by atoms with E-state index in [0.29, 0.717) is 12.6 Å². The highest BCUT2D eigenvalue weighted by molar-refractivity contribution is 5.39. The molecule has 0 spiro atoms. The minimum atomic E-state index is 0.487. The Morgan fingerprint density at radius 3 is 3.00 bits per heavy atom. The summed E-state index contributed by atoms with van der Waals surface area (Å²) in [5.74, 6) is 0.939. The number of aromatic nitrogens is 1. The van der Waals surface area contributed by atoms with Crippen LogP contribution in [0.25, 0.3) is 0 Å². The Labute approximate surface area is 126 Å². The average Bonchev–Trinajstić information content (AvgIpc) is 2.52. The summed E-state index contributed by atoms with van der Waals surface area (Å²) in [6.45, 7) is 2.52. The molecule has 0 aliphatic heterocycles. The zero-order valence-corrected chi connectivity index (χ0v) is 12.7. The van der Waals surface area contributed by atoms with Gasteiger partial charge < -0.3 is 10.1 Å². The molecule has 3 heteroatoms. The molecule has 1 aromatic carbocycles. The minimum absolute atomic E-state index is 0.487. The molecule has 0 bridgehead atoms. The van der Waals surface area contributed by atoms with Crippen LogP contribution in [0.15, 0.2) is 36.4 Å². The molecular weight excluding hydrogens is 260 g/mol. The van der Waals surface area contributed by atoms with Gasteiger partial charge in [-0.2, -0.15) is 0 Å². The highest BCUT2D eigenvalue weighted by Gasteiger charge is 2.18. The van der Waals surface area contributed by atoms with Gasteiger partial charge in [-0.15, -0.1) is 0 Å². The molecule has 21 heavy (non-hydrogen) atoms. The van der Waals surface area contributed by atoms with Crippen molar-refractivity contribution >= 4 is 0 Å². The van der Waals surface area contributed by atoms with Gasteiger partial charge in [-0.05, 0) is 68.6 Å². The highest BCUT2D eigenvalue weighted by Crippen LogP contribution is 2.32. The van der Waals surface area contributed by atoms with Crippen LogP contribution in [0.4, 0.5) is 0 Å². The van der Waals surface area contributed by atoms with E-state index in [-0.39, 0.29) is 0 Å². The Hall–Kier alpha value is -1.87. The molecule has 3 nitrogen and oxygen atoms in total. The van der Waals surface area contributed by atoms with Crippen LogP contribution >= 0.6 is 0 Å². The Morgan fingerprint density at radius 2 is 2.19 bits per heavy atom. The van der Waals surface area contributed by atoms with Crippen molar-refractivity contribution in [3.63, 3.8) is 0 Å². The zero-order chi connectivity index (χ0) is 14.7. The first kappa shape index (κ1) is 14.1. The van der Waals surface area contributed by atoms with Crippen LogP contribution in [0.5, 0.6) is 5.75 Å². The van der Waals surface area contributed by atoms with Crippen molar-refractivity contribution in [2.45, 2.75) is 38.8 Å². The Morgan fingerprint density at radius 1 is 1.29 bits per heavy atom. The molecule has 1 heterocycles. The fraction of sp³-hybridized carbons (Fsp3) is 0.389. The van der Waals surface area contributed by atoms with Gasteiger partial charge in [-0.1, -0.05) is 12.1 Å². The lowest BCUT2D eigenvalue weighted by Crippen LogP contribution is -2.21. The van der Waals surface area contributed by atoms with E-state index in [1.807, 2.05) is 32.2 Å². The lowest BCUT2D eigenvalue weighted by molar-refractivity contribution is 0.300. The molecule has 1 aliphatic rings. The van der Waals surface area contributed by atoms with Crippen LogP contribution in [0.2, 0.25) is 0 Å². The van der Waals surface area contributed by atoms with Crippen molar-refractivity contribution in [1.82, 2.24) is 10.3 Å². The SMILES string of the molecule is CNC1CCCc2cc(OCc3cccc(C)n3)ccc21. The van der Waals surface area contributed by atoms with Crippen molar-refractivity contribution in [2.24, 2.45) is 0 Å². The number of rotatable bonds is 4. The quantitative estimate of drug-likeness (QED) is 0.931. The number of ether oxygens (including phenoxy) is 1. The summed E-state index contributed by atoms with van der Waals surface area (Å²) in [5, 5.41) is 3.39. The molecule has 2 aromatic rings. The van der Waals surface area contributed by atoms with Crippen molar-refractivity contribution in [1.29, 1.82) is 0 Å². The van der Waals surface area contributed by atoms with Gasteiger partial charge in [0.25, 0.3) is 0 Å².